The van der Waals surface area contributed by atoms with Crippen molar-refractivity contribution in [3.63, 3.8) is 0 Å². The molecule has 1 rings (SSSR count). The van der Waals surface area contributed by atoms with Crippen molar-refractivity contribution in [2.24, 2.45) is 5.84 Å². The van der Waals surface area contributed by atoms with E-state index < -0.39 is 39.1 Å². The summed E-state index contributed by atoms with van der Waals surface area (Å²) in [6.45, 7) is 0. The summed E-state index contributed by atoms with van der Waals surface area (Å²) in [5.74, 6) is 0.878. The smallest absolute Gasteiger partial charge is 0.321 e. The summed E-state index contributed by atoms with van der Waals surface area (Å²) < 4.78 is 63.0. The molecule has 0 saturated carbocycles. The summed E-state index contributed by atoms with van der Waals surface area (Å²) in [7, 11) is 0. The topological polar surface area (TPSA) is 38.0 Å². The van der Waals surface area contributed by atoms with Gasteiger partial charge in [-0.3, -0.25) is 5.84 Å². The minimum absolute atomic E-state index is 0.647. The molecule has 0 aliphatic carbocycles. The van der Waals surface area contributed by atoms with Gasteiger partial charge in [0, 0.05) is 0 Å². The summed E-state index contributed by atoms with van der Waals surface area (Å²) >= 11 is 10.4. The molecule has 0 heterocycles. The maximum Gasteiger partial charge on any atom is 0.422 e. The van der Waals surface area contributed by atoms with Crippen LogP contribution in [0.3, 0.4) is 0 Å². The monoisotopic (exact) mass is 280 g/mol. The third-order valence-corrected chi connectivity index (χ3v) is 2.40. The number of rotatable bonds is 1. The molecule has 2 nitrogen and oxygen atoms in total. The normalized spacial score (nSPS) is 11.8. The van der Waals surface area contributed by atoms with Crippen molar-refractivity contribution < 1.29 is 22.0 Å². The SMILES string of the molecule is NNc1c(Cl)c(F)c(C(F)(F)F)c(F)c1Cl. The van der Waals surface area contributed by atoms with Crippen molar-refractivity contribution in [2.45, 2.75) is 6.18 Å². The Morgan fingerprint density at radius 2 is 1.38 bits per heavy atom. The van der Waals surface area contributed by atoms with Crippen LogP contribution in [-0.4, -0.2) is 0 Å². The predicted octanol–water partition coefficient (Wildman–Crippen LogP) is 3.58. The van der Waals surface area contributed by atoms with E-state index in [1.807, 2.05) is 0 Å². The first-order valence-electron chi connectivity index (χ1n) is 3.61. The fraction of sp³-hybridized carbons (Fsp3) is 0.143. The van der Waals surface area contributed by atoms with Crippen molar-refractivity contribution in [1.82, 2.24) is 0 Å². The van der Waals surface area contributed by atoms with E-state index in [4.69, 9.17) is 29.0 Å². The summed E-state index contributed by atoms with van der Waals surface area (Å²) in [5, 5.41) is -2.05. The Hall–Kier alpha value is -0.790. The highest BCUT2D eigenvalue weighted by molar-refractivity contribution is 6.39. The second kappa shape index (κ2) is 4.23. The second-order valence-corrected chi connectivity index (χ2v) is 3.40. The Kier molecular flexibility index (Phi) is 3.51. The van der Waals surface area contributed by atoms with Gasteiger partial charge in [0.2, 0.25) is 0 Å². The van der Waals surface area contributed by atoms with E-state index >= 15 is 0 Å². The van der Waals surface area contributed by atoms with Crippen LogP contribution >= 0.6 is 23.2 Å². The van der Waals surface area contributed by atoms with Gasteiger partial charge in [0.15, 0.2) is 11.6 Å². The molecule has 1 aromatic rings. The van der Waals surface area contributed by atoms with Crippen LogP contribution in [0, 0.1) is 11.6 Å². The van der Waals surface area contributed by atoms with Crippen molar-refractivity contribution in [3.05, 3.63) is 27.2 Å². The zero-order valence-corrected chi connectivity index (χ0v) is 8.73. The lowest BCUT2D eigenvalue weighted by Gasteiger charge is -2.14. The van der Waals surface area contributed by atoms with Gasteiger partial charge in [-0.1, -0.05) is 23.2 Å². The third kappa shape index (κ3) is 2.02. The summed E-state index contributed by atoms with van der Waals surface area (Å²) in [5.41, 5.74) is -1.09. The minimum atomic E-state index is -5.24. The molecule has 0 aliphatic rings. The van der Waals surface area contributed by atoms with Crippen molar-refractivity contribution in [3.8, 4) is 0 Å². The van der Waals surface area contributed by atoms with Crippen LogP contribution in [0.2, 0.25) is 10.0 Å². The Bertz CT molecular complexity index is 403. The van der Waals surface area contributed by atoms with Crippen molar-refractivity contribution in [1.29, 1.82) is 0 Å². The molecular weight excluding hydrogens is 278 g/mol. The zero-order chi connectivity index (χ0) is 12.7. The summed E-state index contributed by atoms with van der Waals surface area (Å²) in [6.07, 6.45) is -5.24. The van der Waals surface area contributed by atoms with Crippen LogP contribution in [0.15, 0.2) is 0 Å². The molecule has 0 bridgehead atoms. The Balaban J connectivity index is 3.67. The Labute approximate surface area is 96.1 Å². The first-order chi connectivity index (χ1) is 7.21. The molecular formula is C7H3Cl2F5N2. The van der Waals surface area contributed by atoms with Crippen LogP contribution in [0.5, 0.6) is 0 Å². The van der Waals surface area contributed by atoms with Gasteiger partial charge in [0.1, 0.15) is 15.6 Å². The lowest BCUT2D eigenvalue weighted by atomic mass is 10.1. The molecule has 0 radical (unpaired) electrons. The summed E-state index contributed by atoms with van der Waals surface area (Å²) in [4.78, 5) is 0. The van der Waals surface area contributed by atoms with E-state index in [-0.39, 0.29) is 0 Å². The maximum absolute atomic E-state index is 13.1. The van der Waals surface area contributed by atoms with E-state index in [2.05, 4.69) is 0 Å². The minimum Gasteiger partial charge on any atom is -0.321 e. The molecule has 9 heteroatoms. The number of anilines is 1. The van der Waals surface area contributed by atoms with Gasteiger partial charge in [0.25, 0.3) is 0 Å². The van der Waals surface area contributed by atoms with Crippen LogP contribution in [0.4, 0.5) is 27.6 Å². The van der Waals surface area contributed by atoms with Gasteiger partial charge < -0.3 is 5.43 Å². The number of alkyl halides is 3. The molecule has 0 amide bonds. The standard InChI is InChI=1S/C7H3Cl2F5N2/c8-2-4(10)1(7(12,13)14)5(11)3(9)6(2)16-15/h16H,15H2. The molecule has 0 saturated heterocycles. The highest BCUT2D eigenvalue weighted by Gasteiger charge is 2.41. The molecule has 3 N–H and O–H groups in total. The van der Waals surface area contributed by atoms with E-state index in [9.17, 15) is 22.0 Å². The van der Waals surface area contributed by atoms with Crippen LogP contribution in [0.1, 0.15) is 5.56 Å². The molecule has 0 fully saturated rings. The van der Waals surface area contributed by atoms with Crippen molar-refractivity contribution in [2.75, 3.05) is 5.43 Å². The van der Waals surface area contributed by atoms with Gasteiger partial charge in [0.05, 0.1) is 5.69 Å². The Morgan fingerprint density at radius 1 is 1.00 bits per heavy atom. The fourth-order valence-electron chi connectivity index (χ4n) is 1.01. The maximum atomic E-state index is 13.1. The Morgan fingerprint density at radius 3 is 1.62 bits per heavy atom. The number of hydrogen-bond donors (Lipinski definition) is 2. The predicted molar refractivity (Wildman–Crippen MR) is 49.2 cm³/mol. The van der Waals surface area contributed by atoms with Gasteiger partial charge in [-0.15, -0.1) is 0 Å². The molecule has 0 aromatic heterocycles. The third-order valence-electron chi connectivity index (χ3n) is 1.69. The van der Waals surface area contributed by atoms with Gasteiger partial charge >= 0.3 is 6.18 Å². The van der Waals surface area contributed by atoms with Gasteiger partial charge in [-0.05, 0) is 0 Å². The lowest BCUT2D eigenvalue weighted by Crippen LogP contribution is -2.16. The van der Waals surface area contributed by atoms with E-state index in [0.29, 0.717) is 0 Å². The number of halogens is 7. The second-order valence-electron chi connectivity index (χ2n) is 2.65. The molecule has 16 heavy (non-hydrogen) atoms. The van der Waals surface area contributed by atoms with Crippen LogP contribution in [-0.2, 0) is 6.18 Å². The summed E-state index contributed by atoms with van der Waals surface area (Å²) in [6, 6.07) is 0. The van der Waals surface area contributed by atoms with Gasteiger partial charge in [-0.2, -0.15) is 13.2 Å². The quantitative estimate of drug-likeness (QED) is 0.357. The lowest BCUT2D eigenvalue weighted by molar-refractivity contribution is -0.142. The number of benzene rings is 1. The largest absolute Gasteiger partial charge is 0.422 e. The van der Waals surface area contributed by atoms with Gasteiger partial charge in [-0.25, -0.2) is 8.78 Å². The molecule has 0 spiro atoms. The molecule has 0 unspecified atom stereocenters. The number of nitrogens with two attached hydrogens (primary N) is 1. The average molecular weight is 281 g/mol. The average Bonchev–Trinajstić information content (AvgIpc) is 2.14. The van der Waals surface area contributed by atoms with Crippen LogP contribution in [0.25, 0.3) is 0 Å². The number of nitrogen functional groups attached to an aromatic ring is 1. The number of hydrazine groups is 1. The van der Waals surface area contributed by atoms with E-state index in [0.717, 1.165) is 0 Å². The zero-order valence-electron chi connectivity index (χ0n) is 7.22. The fourth-order valence-corrected chi connectivity index (χ4v) is 1.54. The van der Waals surface area contributed by atoms with E-state index in [1.54, 1.807) is 5.43 Å². The number of hydrogen-bond acceptors (Lipinski definition) is 2. The first-order valence-corrected chi connectivity index (χ1v) is 4.37. The number of nitrogens with one attached hydrogen (secondary N) is 1. The van der Waals surface area contributed by atoms with Crippen LogP contribution < -0.4 is 11.3 Å². The first kappa shape index (κ1) is 13.3. The molecule has 0 atom stereocenters. The van der Waals surface area contributed by atoms with Crippen molar-refractivity contribution >= 4 is 28.9 Å². The molecule has 90 valence electrons. The highest BCUT2D eigenvalue weighted by Crippen LogP contribution is 2.43. The van der Waals surface area contributed by atoms with E-state index in [1.165, 1.54) is 0 Å². The molecule has 0 aliphatic heterocycles. The highest BCUT2D eigenvalue weighted by atomic mass is 35.5. The molecule has 1 aromatic carbocycles.